The molecule has 0 saturated heterocycles. The molecule has 7 heteroatoms. The Morgan fingerprint density at radius 3 is 2.23 bits per heavy atom. The molecule has 1 rings (SSSR count). The van der Waals surface area contributed by atoms with Gasteiger partial charge in [-0.15, -0.1) is 0 Å². The van der Waals surface area contributed by atoms with Crippen LogP contribution in [0, 0.1) is 0 Å². The molecule has 148 valence electrons. The summed E-state index contributed by atoms with van der Waals surface area (Å²) < 4.78 is 25.4. The van der Waals surface area contributed by atoms with Gasteiger partial charge in [0.2, 0.25) is 10.0 Å². The third-order valence-corrected chi connectivity index (χ3v) is 5.64. The summed E-state index contributed by atoms with van der Waals surface area (Å²) in [6.07, 6.45) is 1.04. The highest BCUT2D eigenvalue weighted by Gasteiger charge is 2.20. The van der Waals surface area contributed by atoms with Crippen molar-refractivity contribution < 1.29 is 8.42 Å². The standard InChI is InChI=1S/C19H34N4O2S/c1-6-16-9-11-17(12-10-16)19(4,5)15-22-18(20-7-2)21-13-14-23-26(24,25)8-3/h9-12,23H,6-8,13-15H2,1-5H3,(H2,20,21,22). The summed E-state index contributed by atoms with van der Waals surface area (Å²) in [7, 11) is -3.16. The molecule has 0 aliphatic rings. The highest BCUT2D eigenvalue weighted by atomic mass is 32.2. The molecule has 0 atom stereocenters. The highest BCUT2D eigenvalue weighted by molar-refractivity contribution is 7.89. The van der Waals surface area contributed by atoms with Crippen molar-refractivity contribution in [2.24, 2.45) is 4.99 Å². The van der Waals surface area contributed by atoms with E-state index in [9.17, 15) is 8.42 Å². The fraction of sp³-hybridized carbons (Fsp3) is 0.632. The average Bonchev–Trinajstić information content (AvgIpc) is 2.63. The molecule has 0 saturated carbocycles. The Labute approximate surface area is 158 Å². The lowest BCUT2D eigenvalue weighted by Crippen LogP contribution is -2.42. The molecule has 0 bridgehead atoms. The molecule has 3 N–H and O–H groups in total. The number of rotatable bonds is 10. The number of nitrogens with one attached hydrogen (secondary N) is 3. The smallest absolute Gasteiger partial charge is 0.211 e. The molecule has 6 nitrogen and oxygen atoms in total. The molecule has 1 aromatic carbocycles. The summed E-state index contributed by atoms with van der Waals surface area (Å²) in [5.74, 6) is 0.785. The first-order valence-corrected chi connectivity index (χ1v) is 11.0. The Bertz CT molecular complexity index is 667. The lowest BCUT2D eigenvalue weighted by atomic mass is 9.84. The van der Waals surface area contributed by atoms with Crippen LogP contribution in [0.1, 0.15) is 45.7 Å². The van der Waals surface area contributed by atoms with Crippen molar-refractivity contribution in [1.29, 1.82) is 0 Å². The molecule has 0 spiro atoms. The Kier molecular flexibility index (Phi) is 9.08. The van der Waals surface area contributed by atoms with Gasteiger partial charge in [-0.2, -0.15) is 0 Å². The molecule has 26 heavy (non-hydrogen) atoms. The van der Waals surface area contributed by atoms with Crippen LogP contribution in [0.15, 0.2) is 29.3 Å². The average molecular weight is 383 g/mol. The molecule has 0 radical (unpaired) electrons. The van der Waals surface area contributed by atoms with Gasteiger partial charge in [0.1, 0.15) is 0 Å². The first kappa shape index (κ1) is 22.4. The summed E-state index contributed by atoms with van der Waals surface area (Å²) in [6, 6.07) is 8.69. The third kappa shape index (κ3) is 7.74. The summed E-state index contributed by atoms with van der Waals surface area (Å²) in [4.78, 5) is 4.68. The van der Waals surface area contributed by atoms with Crippen LogP contribution in [0.2, 0.25) is 0 Å². The van der Waals surface area contributed by atoms with Gasteiger partial charge in [0.05, 0.1) is 12.3 Å². The number of hydrogen-bond acceptors (Lipinski definition) is 3. The van der Waals surface area contributed by atoms with Crippen LogP contribution in [-0.2, 0) is 21.9 Å². The molecule has 0 fully saturated rings. The molecule has 1 aromatic rings. The van der Waals surface area contributed by atoms with Crippen molar-refractivity contribution in [2.45, 2.75) is 46.5 Å². The lowest BCUT2D eigenvalue weighted by molar-refractivity contribution is 0.537. The zero-order valence-electron chi connectivity index (χ0n) is 16.7. The largest absolute Gasteiger partial charge is 0.357 e. The molecular weight excluding hydrogens is 348 g/mol. The predicted molar refractivity (Wildman–Crippen MR) is 110 cm³/mol. The van der Waals surface area contributed by atoms with E-state index in [0.717, 1.165) is 13.0 Å². The minimum Gasteiger partial charge on any atom is -0.357 e. The lowest BCUT2D eigenvalue weighted by Gasteiger charge is -2.24. The van der Waals surface area contributed by atoms with E-state index in [-0.39, 0.29) is 11.2 Å². The van der Waals surface area contributed by atoms with Crippen molar-refractivity contribution in [1.82, 2.24) is 15.4 Å². The first-order chi connectivity index (χ1) is 12.2. The van der Waals surface area contributed by atoms with Gasteiger partial charge in [-0.3, -0.25) is 4.99 Å². The highest BCUT2D eigenvalue weighted by Crippen LogP contribution is 2.24. The first-order valence-electron chi connectivity index (χ1n) is 9.33. The minimum absolute atomic E-state index is 0.0849. The number of sulfonamides is 1. The van der Waals surface area contributed by atoms with Crippen LogP contribution >= 0.6 is 0 Å². The monoisotopic (exact) mass is 382 g/mol. The fourth-order valence-corrected chi connectivity index (χ4v) is 3.01. The molecule has 0 aliphatic heterocycles. The second-order valence-corrected chi connectivity index (χ2v) is 8.95. The van der Waals surface area contributed by atoms with Crippen molar-refractivity contribution in [3.8, 4) is 0 Å². The van der Waals surface area contributed by atoms with E-state index in [1.54, 1.807) is 6.92 Å². The summed E-state index contributed by atoms with van der Waals surface area (Å²) >= 11 is 0. The minimum atomic E-state index is -3.16. The van der Waals surface area contributed by atoms with Crippen LogP contribution in [0.3, 0.4) is 0 Å². The summed E-state index contributed by atoms with van der Waals surface area (Å²) in [6.45, 7) is 12.3. The van der Waals surface area contributed by atoms with Crippen LogP contribution in [-0.4, -0.2) is 46.3 Å². The van der Waals surface area contributed by atoms with Gasteiger partial charge in [-0.25, -0.2) is 13.1 Å². The van der Waals surface area contributed by atoms with Crippen molar-refractivity contribution in [2.75, 3.05) is 31.9 Å². The molecule has 0 amide bonds. The zero-order chi connectivity index (χ0) is 19.6. The number of nitrogens with zero attached hydrogens (tertiary/aromatic N) is 1. The van der Waals surface area contributed by atoms with Gasteiger partial charge in [0.25, 0.3) is 0 Å². The predicted octanol–water partition coefficient (Wildman–Crippen LogP) is 2.02. The van der Waals surface area contributed by atoms with Crippen LogP contribution in [0.25, 0.3) is 0 Å². The topological polar surface area (TPSA) is 82.6 Å². The van der Waals surface area contributed by atoms with Gasteiger partial charge in [-0.05, 0) is 31.4 Å². The number of hydrogen-bond donors (Lipinski definition) is 3. The summed E-state index contributed by atoms with van der Waals surface area (Å²) in [5, 5.41) is 6.37. The number of guanidine groups is 1. The normalized spacial score (nSPS) is 12.9. The quantitative estimate of drug-likeness (QED) is 0.328. The van der Waals surface area contributed by atoms with E-state index in [4.69, 9.17) is 0 Å². The maximum atomic E-state index is 11.4. The molecule has 0 aliphatic carbocycles. The van der Waals surface area contributed by atoms with Crippen LogP contribution in [0.4, 0.5) is 0 Å². The Hall–Kier alpha value is -1.60. The van der Waals surface area contributed by atoms with Crippen molar-refractivity contribution >= 4 is 16.0 Å². The Morgan fingerprint density at radius 1 is 1.04 bits per heavy atom. The maximum absolute atomic E-state index is 11.4. The summed E-state index contributed by atoms with van der Waals surface area (Å²) in [5.41, 5.74) is 2.50. The molecule has 0 unspecified atom stereocenters. The van der Waals surface area contributed by atoms with E-state index < -0.39 is 10.0 Å². The van der Waals surface area contributed by atoms with Gasteiger partial charge in [0.15, 0.2) is 5.96 Å². The van der Waals surface area contributed by atoms with Crippen molar-refractivity contribution in [3.63, 3.8) is 0 Å². The van der Waals surface area contributed by atoms with E-state index in [2.05, 4.69) is 65.4 Å². The van der Waals surface area contributed by atoms with Crippen LogP contribution in [0.5, 0.6) is 0 Å². The second-order valence-electron chi connectivity index (χ2n) is 6.85. The number of aliphatic imine (C=N–C) groups is 1. The van der Waals surface area contributed by atoms with Crippen molar-refractivity contribution in [3.05, 3.63) is 35.4 Å². The van der Waals surface area contributed by atoms with E-state index in [0.29, 0.717) is 25.6 Å². The molecule has 0 aromatic heterocycles. The number of benzene rings is 1. The number of aryl methyl sites for hydroxylation is 1. The third-order valence-electron chi connectivity index (χ3n) is 4.24. The van der Waals surface area contributed by atoms with E-state index >= 15 is 0 Å². The SMILES string of the molecule is CCNC(=NCC(C)(C)c1ccc(CC)cc1)NCCNS(=O)(=O)CC. The zero-order valence-corrected chi connectivity index (χ0v) is 17.5. The van der Waals surface area contributed by atoms with Gasteiger partial charge >= 0.3 is 0 Å². The van der Waals surface area contributed by atoms with E-state index in [1.165, 1.54) is 11.1 Å². The van der Waals surface area contributed by atoms with Crippen LogP contribution < -0.4 is 15.4 Å². The van der Waals surface area contributed by atoms with Gasteiger partial charge in [-0.1, -0.05) is 45.0 Å². The fourth-order valence-electron chi connectivity index (χ4n) is 2.39. The second kappa shape index (κ2) is 10.5. The van der Waals surface area contributed by atoms with E-state index in [1.807, 2.05) is 6.92 Å². The Balaban J connectivity index is 2.65. The van der Waals surface area contributed by atoms with Gasteiger partial charge in [0, 0.05) is 25.0 Å². The maximum Gasteiger partial charge on any atom is 0.211 e. The molecular formula is C19H34N4O2S. The van der Waals surface area contributed by atoms with Gasteiger partial charge < -0.3 is 10.6 Å². The molecule has 0 heterocycles. The Morgan fingerprint density at radius 2 is 1.69 bits per heavy atom.